The Morgan fingerprint density at radius 3 is 2.48 bits per heavy atom. The molecule has 0 saturated heterocycles. The number of hydrogen-bond donors (Lipinski definition) is 1. The summed E-state index contributed by atoms with van der Waals surface area (Å²) in [6.45, 7) is 6.36. The molecule has 0 aromatic heterocycles. The summed E-state index contributed by atoms with van der Waals surface area (Å²) in [7, 11) is -3.62. The normalized spacial score (nSPS) is 23.9. The fourth-order valence-corrected chi connectivity index (χ4v) is 6.44. The van der Waals surface area contributed by atoms with Gasteiger partial charge in [0.1, 0.15) is 5.75 Å². The molecule has 0 fully saturated rings. The number of sulfone groups is 1. The Morgan fingerprint density at radius 1 is 1.14 bits per heavy atom. The van der Waals surface area contributed by atoms with Gasteiger partial charge in [-0.15, -0.1) is 0 Å². The number of rotatable bonds is 7. The third-order valence-electron chi connectivity index (χ3n) is 5.88. The monoisotopic (exact) mass is 417 g/mol. The summed E-state index contributed by atoms with van der Waals surface area (Å²) in [4.78, 5) is 0.253. The van der Waals surface area contributed by atoms with Crippen molar-refractivity contribution in [3.8, 4) is 5.75 Å². The van der Waals surface area contributed by atoms with Crippen molar-refractivity contribution in [2.24, 2.45) is 0 Å². The number of nitrogens with zero attached hydrogens (tertiary/aromatic N) is 1. The average molecular weight is 418 g/mol. The summed E-state index contributed by atoms with van der Waals surface area (Å²) in [6.07, 6.45) is 2.94. The fourth-order valence-electron chi connectivity index (χ4n) is 4.26. The maximum absolute atomic E-state index is 13.5. The fraction of sp³-hybridized carbons (Fsp3) is 0.478. The third-order valence-corrected chi connectivity index (χ3v) is 7.83. The van der Waals surface area contributed by atoms with Gasteiger partial charge in [-0.25, -0.2) is 8.42 Å². The van der Waals surface area contributed by atoms with Crippen LogP contribution in [0.15, 0.2) is 53.4 Å². The van der Waals surface area contributed by atoms with Crippen LogP contribution in [-0.2, 0) is 9.84 Å². The van der Waals surface area contributed by atoms with E-state index in [1.807, 2.05) is 44.2 Å². The van der Waals surface area contributed by atoms with Crippen molar-refractivity contribution in [3.05, 3.63) is 59.7 Å². The Bertz CT molecular complexity index is 929. The molecule has 1 aliphatic heterocycles. The second-order valence-corrected chi connectivity index (χ2v) is 9.69. The molecule has 0 saturated carbocycles. The second-order valence-electron chi connectivity index (χ2n) is 7.73. The van der Waals surface area contributed by atoms with Crippen LogP contribution in [0.1, 0.15) is 63.6 Å². The molecule has 2 aromatic rings. The summed E-state index contributed by atoms with van der Waals surface area (Å²) in [5, 5.41) is 12.8. The van der Waals surface area contributed by atoms with Crippen LogP contribution in [0, 0.1) is 0 Å². The summed E-state index contributed by atoms with van der Waals surface area (Å²) < 4.78 is 32.6. The number of unbranched alkanes of at least 4 members (excludes halogenated alkanes) is 1. The molecule has 0 amide bonds. The lowest BCUT2D eigenvalue weighted by Gasteiger charge is -2.42. The van der Waals surface area contributed by atoms with Crippen LogP contribution in [0.5, 0.6) is 5.75 Å². The molecule has 2 aromatic carbocycles. The first-order valence-electron chi connectivity index (χ1n) is 10.4. The van der Waals surface area contributed by atoms with Gasteiger partial charge in [-0.05, 0) is 43.0 Å². The van der Waals surface area contributed by atoms with Crippen LogP contribution in [0.4, 0.5) is 0 Å². The number of fused-ring (bicyclic) bond motifs is 1. The van der Waals surface area contributed by atoms with Crippen molar-refractivity contribution >= 4 is 9.84 Å². The molecule has 1 aliphatic rings. The maximum atomic E-state index is 13.5. The second kappa shape index (κ2) is 8.86. The Balaban J connectivity index is 2.26. The van der Waals surface area contributed by atoms with E-state index in [-0.39, 0.29) is 10.6 Å². The molecule has 6 heteroatoms. The number of hydroxylamine groups is 2. The minimum Gasteiger partial charge on any atom is -0.494 e. The van der Waals surface area contributed by atoms with Crippen LogP contribution >= 0.6 is 0 Å². The van der Waals surface area contributed by atoms with Gasteiger partial charge in [0, 0.05) is 0 Å². The Labute approximate surface area is 174 Å². The maximum Gasteiger partial charge on any atom is 0.180 e. The molecule has 1 heterocycles. The van der Waals surface area contributed by atoms with E-state index in [1.165, 1.54) is 5.06 Å². The molecule has 0 spiro atoms. The van der Waals surface area contributed by atoms with Gasteiger partial charge in [-0.1, -0.05) is 63.1 Å². The van der Waals surface area contributed by atoms with Crippen molar-refractivity contribution < 1.29 is 18.4 Å². The van der Waals surface area contributed by atoms with Crippen LogP contribution in [-0.4, -0.2) is 36.6 Å². The Kier molecular flexibility index (Phi) is 6.66. The van der Waals surface area contributed by atoms with Crippen molar-refractivity contribution in [1.29, 1.82) is 0 Å². The van der Waals surface area contributed by atoms with Gasteiger partial charge in [0.2, 0.25) is 0 Å². The highest BCUT2D eigenvalue weighted by molar-refractivity contribution is 7.91. The van der Waals surface area contributed by atoms with Gasteiger partial charge >= 0.3 is 0 Å². The van der Waals surface area contributed by atoms with Gasteiger partial charge in [0.15, 0.2) is 9.84 Å². The first kappa shape index (κ1) is 21.8. The van der Waals surface area contributed by atoms with E-state index in [0.29, 0.717) is 30.8 Å². The van der Waals surface area contributed by atoms with E-state index in [2.05, 4.69) is 6.92 Å². The van der Waals surface area contributed by atoms with Crippen LogP contribution in [0.3, 0.4) is 0 Å². The predicted molar refractivity (Wildman–Crippen MR) is 114 cm³/mol. The minimum absolute atomic E-state index is 0.112. The quantitative estimate of drug-likeness (QED) is 0.687. The van der Waals surface area contributed by atoms with Crippen LogP contribution in [0.25, 0.3) is 0 Å². The molecule has 5 nitrogen and oxygen atoms in total. The van der Waals surface area contributed by atoms with Gasteiger partial charge in [-0.2, -0.15) is 5.06 Å². The van der Waals surface area contributed by atoms with E-state index in [1.54, 1.807) is 18.2 Å². The highest BCUT2D eigenvalue weighted by atomic mass is 32.2. The SMILES string of the molecule is CCCC[C@]1(CC)CS(=O)(=O)c2cc(OCC)ccc2[C@H](c2ccccc2)N1O. The first-order valence-corrected chi connectivity index (χ1v) is 12.1. The Morgan fingerprint density at radius 2 is 1.86 bits per heavy atom. The Hall–Kier alpha value is -1.89. The van der Waals surface area contributed by atoms with Crippen LogP contribution < -0.4 is 4.74 Å². The van der Waals surface area contributed by atoms with Crippen LogP contribution in [0.2, 0.25) is 0 Å². The van der Waals surface area contributed by atoms with E-state index >= 15 is 0 Å². The van der Waals surface area contributed by atoms with Gasteiger partial charge in [0.25, 0.3) is 0 Å². The van der Waals surface area contributed by atoms with Crippen molar-refractivity contribution in [2.45, 2.75) is 62.9 Å². The van der Waals surface area contributed by atoms with Crippen molar-refractivity contribution in [2.75, 3.05) is 12.4 Å². The molecule has 0 aliphatic carbocycles. The topological polar surface area (TPSA) is 66.8 Å². The molecule has 0 radical (unpaired) electrons. The molecule has 0 unspecified atom stereocenters. The van der Waals surface area contributed by atoms with E-state index in [0.717, 1.165) is 18.4 Å². The first-order chi connectivity index (χ1) is 13.9. The smallest absolute Gasteiger partial charge is 0.180 e. The molecule has 2 atom stereocenters. The molecule has 158 valence electrons. The largest absolute Gasteiger partial charge is 0.494 e. The average Bonchev–Trinajstić information content (AvgIpc) is 2.79. The molecular weight excluding hydrogens is 386 g/mol. The predicted octanol–water partition coefficient (Wildman–Crippen LogP) is 4.99. The van der Waals surface area contributed by atoms with Gasteiger partial charge in [0.05, 0.1) is 28.8 Å². The lowest BCUT2D eigenvalue weighted by Crippen LogP contribution is -2.51. The number of ether oxygens (including phenoxy) is 1. The molecule has 29 heavy (non-hydrogen) atoms. The zero-order chi connectivity index (χ0) is 21.1. The molecule has 1 N–H and O–H groups in total. The zero-order valence-electron chi connectivity index (χ0n) is 17.5. The van der Waals surface area contributed by atoms with Crippen molar-refractivity contribution in [1.82, 2.24) is 5.06 Å². The number of hydrogen-bond acceptors (Lipinski definition) is 5. The van der Waals surface area contributed by atoms with E-state index < -0.39 is 21.4 Å². The minimum atomic E-state index is -3.62. The van der Waals surface area contributed by atoms with E-state index in [4.69, 9.17) is 4.74 Å². The highest BCUT2D eigenvalue weighted by Gasteiger charge is 2.47. The van der Waals surface area contributed by atoms with Crippen molar-refractivity contribution in [3.63, 3.8) is 0 Å². The lowest BCUT2D eigenvalue weighted by atomic mass is 9.87. The van der Waals surface area contributed by atoms with Gasteiger partial charge in [-0.3, -0.25) is 0 Å². The molecule has 0 bridgehead atoms. The third kappa shape index (κ3) is 4.20. The standard InChI is InChI=1S/C23H31NO4S/c1-4-7-15-23(5-2)17-29(26,27)21-16-19(28-6-3)13-14-20(21)22(24(23)25)18-11-9-8-10-12-18/h8-14,16,22,25H,4-7,15,17H2,1-3H3/t22-,23+/m0/s1. The van der Waals surface area contributed by atoms with E-state index in [9.17, 15) is 13.6 Å². The number of benzene rings is 2. The summed E-state index contributed by atoms with van der Waals surface area (Å²) in [5.74, 6) is 0.419. The highest BCUT2D eigenvalue weighted by Crippen LogP contribution is 2.44. The molecular formula is C23H31NO4S. The molecule has 3 rings (SSSR count). The summed E-state index contributed by atoms with van der Waals surface area (Å²) in [5.41, 5.74) is 0.612. The van der Waals surface area contributed by atoms with Gasteiger partial charge < -0.3 is 9.94 Å². The zero-order valence-corrected chi connectivity index (χ0v) is 18.3. The lowest BCUT2D eigenvalue weighted by molar-refractivity contribution is -0.193. The summed E-state index contributed by atoms with van der Waals surface area (Å²) in [6, 6.07) is 14.2. The summed E-state index contributed by atoms with van der Waals surface area (Å²) >= 11 is 0.